The fourth-order valence-corrected chi connectivity index (χ4v) is 4.24. The van der Waals surface area contributed by atoms with Crippen molar-refractivity contribution in [3.8, 4) is 0 Å². The van der Waals surface area contributed by atoms with Crippen LogP contribution in [-0.2, 0) is 6.18 Å². The molecule has 1 aromatic rings. The highest BCUT2D eigenvalue weighted by atomic mass is 19.4. The van der Waals surface area contributed by atoms with E-state index in [4.69, 9.17) is 0 Å². The van der Waals surface area contributed by atoms with Crippen LogP contribution in [0.1, 0.15) is 42.9 Å². The molecule has 110 valence electrons. The molecular formula is C16H20F3N. The fraction of sp³-hybridized carbons (Fsp3) is 0.625. The molecular weight excluding hydrogens is 263 g/mol. The van der Waals surface area contributed by atoms with Crippen molar-refractivity contribution < 1.29 is 13.2 Å². The van der Waals surface area contributed by atoms with Crippen molar-refractivity contribution in [1.29, 1.82) is 0 Å². The van der Waals surface area contributed by atoms with Crippen molar-refractivity contribution >= 4 is 0 Å². The zero-order valence-corrected chi connectivity index (χ0v) is 11.6. The van der Waals surface area contributed by atoms with Gasteiger partial charge in [0, 0.05) is 6.04 Å². The largest absolute Gasteiger partial charge is 0.416 e. The maximum absolute atomic E-state index is 12.8. The highest BCUT2D eigenvalue weighted by molar-refractivity contribution is 5.29. The van der Waals surface area contributed by atoms with E-state index < -0.39 is 11.7 Å². The summed E-state index contributed by atoms with van der Waals surface area (Å²) in [6.45, 7) is 0. The number of rotatable bonds is 3. The van der Waals surface area contributed by atoms with Crippen LogP contribution in [0.3, 0.4) is 0 Å². The summed E-state index contributed by atoms with van der Waals surface area (Å²) in [5, 5.41) is 3.26. The minimum Gasteiger partial charge on any atom is -0.313 e. The van der Waals surface area contributed by atoms with Crippen molar-refractivity contribution in [2.24, 2.45) is 17.8 Å². The van der Waals surface area contributed by atoms with Crippen LogP contribution in [0.4, 0.5) is 13.2 Å². The highest BCUT2D eigenvalue weighted by Gasteiger charge is 2.43. The van der Waals surface area contributed by atoms with Gasteiger partial charge in [0.15, 0.2) is 0 Å². The summed E-state index contributed by atoms with van der Waals surface area (Å²) in [5.74, 6) is 1.97. The van der Waals surface area contributed by atoms with E-state index in [2.05, 4.69) is 5.32 Å². The van der Waals surface area contributed by atoms with Gasteiger partial charge >= 0.3 is 6.18 Å². The zero-order chi connectivity index (χ0) is 14.3. The van der Waals surface area contributed by atoms with Gasteiger partial charge in [-0.2, -0.15) is 13.2 Å². The average molecular weight is 283 g/mol. The monoisotopic (exact) mass is 283 g/mol. The Morgan fingerprint density at radius 3 is 2.55 bits per heavy atom. The van der Waals surface area contributed by atoms with Gasteiger partial charge in [0.25, 0.3) is 0 Å². The molecule has 4 heteroatoms. The first-order valence-electron chi connectivity index (χ1n) is 7.33. The quantitative estimate of drug-likeness (QED) is 0.867. The molecule has 0 amide bonds. The number of halogens is 3. The molecule has 0 spiro atoms. The third kappa shape index (κ3) is 2.46. The van der Waals surface area contributed by atoms with Gasteiger partial charge in [-0.3, -0.25) is 0 Å². The lowest BCUT2D eigenvalue weighted by molar-refractivity contribution is -0.137. The maximum Gasteiger partial charge on any atom is 0.416 e. The molecule has 1 nitrogen and oxygen atoms in total. The second-order valence-electron chi connectivity index (χ2n) is 6.23. The minimum absolute atomic E-state index is 0.0487. The topological polar surface area (TPSA) is 12.0 Å². The van der Waals surface area contributed by atoms with E-state index in [9.17, 15) is 13.2 Å². The van der Waals surface area contributed by atoms with Crippen LogP contribution in [-0.4, -0.2) is 7.05 Å². The zero-order valence-electron chi connectivity index (χ0n) is 11.6. The van der Waals surface area contributed by atoms with Crippen molar-refractivity contribution in [2.75, 3.05) is 7.05 Å². The maximum atomic E-state index is 12.8. The first-order valence-corrected chi connectivity index (χ1v) is 7.33. The van der Waals surface area contributed by atoms with E-state index in [1.165, 1.54) is 31.4 Å². The standard InChI is InChI=1S/C16H20F3N/c1-20-15(14-8-10-5-6-11(14)7-10)12-3-2-4-13(9-12)16(17,18)19/h2-4,9-11,14-15,20H,5-8H2,1H3. The number of nitrogens with one attached hydrogen (secondary N) is 1. The molecule has 20 heavy (non-hydrogen) atoms. The van der Waals surface area contributed by atoms with E-state index >= 15 is 0 Å². The predicted octanol–water partition coefficient (Wildman–Crippen LogP) is 4.40. The normalized spacial score (nSPS) is 30.7. The van der Waals surface area contributed by atoms with E-state index in [1.807, 2.05) is 13.1 Å². The lowest BCUT2D eigenvalue weighted by Crippen LogP contribution is -2.29. The summed E-state index contributed by atoms with van der Waals surface area (Å²) in [6.07, 6.45) is 0.712. The summed E-state index contributed by atoms with van der Waals surface area (Å²) in [5.41, 5.74) is 0.235. The molecule has 0 aliphatic heterocycles. The Balaban J connectivity index is 1.86. The van der Waals surface area contributed by atoms with Crippen LogP contribution in [0, 0.1) is 17.8 Å². The molecule has 0 heterocycles. The molecule has 2 aliphatic carbocycles. The fourth-order valence-electron chi connectivity index (χ4n) is 4.24. The molecule has 2 fully saturated rings. The van der Waals surface area contributed by atoms with Crippen LogP contribution < -0.4 is 5.32 Å². The molecule has 3 rings (SSSR count). The number of hydrogen-bond acceptors (Lipinski definition) is 1. The number of benzene rings is 1. The molecule has 0 aromatic heterocycles. The van der Waals surface area contributed by atoms with Gasteiger partial charge in [0.2, 0.25) is 0 Å². The van der Waals surface area contributed by atoms with Gasteiger partial charge in [0.05, 0.1) is 5.56 Å². The second-order valence-corrected chi connectivity index (χ2v) is 6.23. The molecule has 1 N–H and O–H groups in total. The summed E-state index contributed by atoms with van der Waals surface area (Å²) < 4.78 is 38.5. The molecule has 0 radical (unpaired) electrons. The van der Waals surface area contributed by atoms with Gasteiger partial charge in [-0.15, -0.1) is 0 Å². The molecule has 4 atom stereocenters. The molecule has 1 aromatic carbocycles. The van der Waals surface area contributed by atoms with Crippen LogP contribution in [0.15, 0.2) is 24.3 Å². The lowest BCUT2D eigenvalue weighted by Gasteiger charge is -2.31. The Kier molecular flexibility index (Phi) is 3.53. The van der Waals surface area contributed by atoms with Crippen molar-refractivity contribution in [1.82, 2.24) is 5.32 Å². The van der Waals surface area contributed by atoms with Gasteiger partial charge < -0.3 is 5.32 Å². The van der Waals surface area contributed by atoms with Crippen LogP contribution in [0.2, 0.25) is 0 Å². The predicted molar refractivity (Wildman–Crippen MR) is 72.2 cm³/mol. The third-order valence-corrected chi connectivity index (χ3v) is 5.11. The number of fused-ring (bicyclic) bond motifs is 2. The van der Waals surface area contributed by atoms with Gasteiger partial charge in [-0.05, 0) is 61.8 Å². The van der Waals surface area contributed by atoms with E-state index in [1.54, 1.807) is 0 Å². The van der Waals surface area contributed by atoms with E-state index in [0.717, 1.165) is 24.0 Å². The average Bonchev–Trinajstić information content (AvgIpc) is 3.02. The van der Waals surface area contributed by atoms with E-state index in [0.29, 0.717) is 11.8 Å². The Morgan fingerprint density at radius 2 is 2.00 bits per heavy atom. The van der Waals surface area contributed by atoms with Crippen molar-refractivity contribution in [3.05, 3.63) is 35.4 Å². The second kappa shape index (κ2) is 5.06. The van der Waals surface area contributed by atoms with Crippen LogP contribution in [0.5, 0.6) is 0 Å². The molecule has 0 saturated heterocycles. The smallest absolute Gasteiger partial charge is 0.313 e. The summed E-state index contributed by atoms with van der Waals surface area (Å²) in [7, 11) is 1.86. The van der Waals surface area contributed by atoms with Gasteiger partial charge in [-0.1, -0.05) is 18.6 Å². The summed E-state index contributed by atoms with van der Waals surface area (Å²) in [4.78, 5) is 0. The molecule has 2 bridgehead atoms. The lowest BCUT2D eigenvalue weighted by atomic mass is 9.80. The Bertz CT molecular complexity index is 483. The van der Waals surface area contributed by atoms with Crippen molar-refractivity contribution in [2.45, 2.75) is 37.9 Å². The van der Waals surface area contributed by atoms with Crippen molar-refractivity contribution in [3.63, 3.8) is 0 Å². The van der Waals surface area contributed by atoms with Gasteiger partial charge in [-0.25, -0.2) is 0 Å². The third-order valence-electron chi connectivity index (χ3n) is 5.11. The first kappa shape index (κ1) is 13.9. The molecule has 2 aliphatic rings. The Hall–Kier alpha value is -1.03. The van der Waals surface area contributed by atoms with E-state index in [-0.39, 0.29) is 6.04 Å². The minimum atomic E-state index is -4.26. The Labute approximate surface area is 117 Å². The molecule has 2 saturated carbocycles. The van der Waals surface area contributed by atoms with Gasteiger partial charge in [0.1, 0.15) is 0 Å². The Morgan fingerprint density at radius 1 is 1.20 bits per heavy atom. The number of hydrogen-bond donors (Lipinski definition) is 1. The summed E-state index contributed by atoms with van der Waals surface area (Å²) >= 11 is 0. The SMILES string of the molecule is CNC(c1cccc(C(F)(F)F)c1)C1CC2CCC1C2. The van der Waals surface area contributed by atoms with Crippen LogP contribution in [0.25, 0.3) is 0 Å². The highest BCUT2D eigenvalue weighted by Crippen LogP contribution is 2.52. The van der Waals surface area contributed by atoms with Crippen LogP contribution >= 0.6 is 0 Å². The summed E-state index contributed by atoms with van der Waals surface area (Å²) in [6, 6.07) is 5.86. The number of alkyl halides is 3. The molecule has 4 unspecified atom stereocenters. The first-order chi connectivity index (χ1) is 9.49.